The molecule has 0 aliphatic carbocycles. The third-order valence-corrected chi connectivity index (χ3v) is 4.88. The molecule has 142 valence electrons. The van der Waals surface area contributed by atoms with Crippen molar-refractivity contribution in [2.45, 2.75) is 6.92 Å². The molecule has 2 heterocycles. The number of rotatable bonds is 5. The maximum absolute atomic E-state index is 12.0. The van der Waals surface area contributed by atoms with Crippen LogP contribution in [0.4, 0.5) is 5.13 Å². The lowest BCUT2D eigenvalue weighted by atomic mass is 10.2. The Hall–Kier alpha value is -3.39. The van der Waals surface area contributed by atoms with Gasteiger partial charge in [0.15, 0.2) is 23.2 Å². The minimum atomic E-state index is -0.618. The Bertz CT molecular complexity index is 1090. The Morgan fingerprint density at radius 1 is 1.21 bits per heavy atom. The average Bonchev–Trinajstić information content (AvgIpc) is 3.29. The molecule has 1 aliphatic heterocycles. The Balaban J connectivity index is 1.29. The number of ether oxygens (including phenoxy) is 3. The highest BCUT2D eigenvalue weighted by Gasteiger charge is 2.13. The number of nitrogens with zero attached hydrogens (tertiary/aromatic N) is 1. The monoisotopic (exact) mass is 396 g/mol. The third kappa shape index (κ3) is 4.12. The number of nitrogens with one attached hydrogen (secondary N) is 1. The van der Waals surface area contributed by atoms with E-state index in [2.05, 4.69) is 10.3 Å². The Labute approximate surface area is 164 Å². The number of hydrogen-bond acceptors (Lipinski definition) is 7. The first kappa shape index (κ1) is 18.0. The number of fused-ring (bicyclic) bond motifs is 2. The summed E-state index contributed by atoms with van der Waals surface area (Å²) in [6.07, 6.45) is 2.84. The predicted octanol–water partition coefficient (Wildman–Crippen LogP) is 3.53. The molecule has 8 heteroatoms. The molecule has 2 aromatic carbocycles. The number of esters is 1. The van der Waals surface area contributed by atoms with Crippen molar-refractivity contribution in [2.75, 3.05) is 18.7 Å². The van der Waals surface area contributed by atoms with Crippen molar-refractivity contribution < 1.29 is 23.8 Å². The maximum Gasteiger partial charge on any atom is 0.331 e. The summed E-state index contributed by atoms with van der Waals surface area (Å²) >= 11 is 1.37. The normalized spacial score (nSPS) is 12.5. The summed E-state index contributed by atoms with van der Waals surface area (Å²) in [5, 5.41) is 3.11. The molecular weight excluding hydrogens is 380 g/mol. The fourth-order valence-electron chi connectivity index (χ4n) is 2.61. The summed E-state index contributed by atoms with van der Waals surface area (Å²) in [5.74, 6) is 0.232. The zero-order valence-electron chi connectivity index (χ0n) is 14.9. The van der Waals surface area contributed by atoms with Gasteiger partial charge in [-0.3, -0.25) is 10.1 Å². The van der Waals surface area contributed by atoms with Gasteiger partial charge in [-0.05, 0) is 48.4 Å². The molecule has 0 bridgehead atoms. The van der Waals surface area contributed by atoms with Crippen molar-refractivity contribution in [3.8, 4) is 11.5 Å². The van der Waals surface area contributed by atoms with E-state index >= 15 is 0 Å². The van der Waals surface area contributed by atoms with E-state index in [9.17, 15) is 9.59 Å². The summed E-state index contributed by atoms with van der Waals surface area (Å²) < 4.78 is 16.5. The number of carbonyl (C=O) groups excluding carboxylic acids is 2. The van der Waals surface area contributed by atoms with Crippen LogP contribution in [-0.4, -0.2) is 30.3 Å². The number of amides is 1. The Kier molecular flexibility index (Phi) is 4.94. The van der Waals surface area contributed by atoms with Crippen molar-refractivity contribution in [1.29, 1.82) is 0 Å². The van der Waals surface area contributed by atoms with Gasteiger partial charge in [0.05, 0.1) is 10.2 Å². The molecule has 0 atom stereocenters. The quantitative estimate of drug-likeness (QED) is 0.524. The lowest BCUT2D eigenvalue weighted by molar-refractivity contribution is -0.142. The molecule has 1 amide bonds. The minimum absolute atomic E-state index is 0.188. The fourth-order valence-corrected chi connectivity index (χ4v) is 3.59. The van der Waals surface area contributed by atoms with E-state index in [1.807, 2.05) is 25.1 Å². The van der Waals surface area contributed by atoms with Crippen LogP contribution in [0.3, 0.4) is 0 Å². The van der Waals surface area contributed by atoms with E-state index in [4.69, 9.17) is 14.2 Å². The largest absolute Gasteiger partial charge is 0.454 e. The van der Waals surface area contributed by atoms with E-state index in [-0.39, 0.29) is 13.4 Å². The van der Waals surface area contributed by atoms with Crippen LogP contribution in [0.2, 0.25) is 0 Å². The highest BCUT2D eigenvalue weighted by molar-refractivity contribution is 7.22. The van der Waals surface area contributed by atoms with Gasteiger partial charge in [-0.1, -0.05) is 23.5 Å². The molecule has 0 spiro atoms. The summed E-state index contributed by atoms with van der Waals surface area (Å²) in [5.41, 5.74) is 2.70. The van der Waals surface area contributed by atoms with Crippen LogP contribution >= 0.6 is 11.3 Å². The number of aryl methyl sites for hydroxylation is 1. The summed E-state index contributed by atoms with van der Waals surface area (Å²) in [4.78, 5) is 28.1. The lowest BCUT2D eigenvalue weighted by Gasteiger charge is -2.02. The molecule has 7 nitrogen and oxygen atoms in total. The zero-order chi connectivity index (χ0) is 19.5. The van der Waals surface area contributed by atoms with Crippen molar-refractivity contribution in [1.82, 2.24) is 4.98 Å². The van der Waals surface area contributed by atoms with Crippen molar-refractivity contribution in [3.05, 3.63) is 53.6 Å². The highest BCUT2D eigenvalue weighted by Crippen LogP contribution is 2.32. The van der Waals surface area contributed by atoms with Gasteiger partial charge in [0.25, 0.3) is 5.91 Å². The molecular formula is C20H16N2O5S. The second kappa shape index (κ2) is 7.69. The number of carbonyl (C=O) groups is 2. The Morgan fingerprint density at radius 3 is 2.96 bits per heavy atom. The van der Waals surface area contributed by atoms with Gasteiger partial charge in [0.1, 0.15) is 0 Å². The van der Waals surface area contributed by atoms with E-state index in [1.165, 1.54) is 17.4 Å². The number of aromatic nitrogens is 1. The minimum Gasteiger partial charge on any atom is -0.454 e. The fraction of sp³-hybridized carbons (Fsp3) is 0.150. The van der Waals surface area contributed by atoms with Crippen LogP contribution in [0.1, 0.15) is 11.1 Å². The van der Waals surface area contributed by atoms with Gasteiger partial charge in [-0.2, -0.15) is 0 Å². The SMILES string of the molecule is Cc1ccc2nc(NC(=O)COC(=O)/C=C/c3ccc4c(c3)OCO4)sc2c1. The van der Waals surface area contributed by atoms with Gasteiger partial charge in [-0.15, -0.1) is 0 Å². The second-order valence-electron chi connectivity index (χ2n) is 6.09. The molecule has 0 radical (unpaired) electrons. The van der Waals surface area contributed by atoms with E-state index in [0.29, 0.717) is 16.6 Å². The molecule has 1 N–H and O–H groups in total. The van der Waals surface area contributed by atoms with Crippen LogP contribution in [0.5, 0.6) is 11.5 Å². The first-order chi connectivity index (χ1) is 13.6. The van der Waals surface area contributed by atoms with Crippen molar-refractivity contribution >= 4 is 44.6 Å². The summed E-state index contributed by atoms with van der Waals surface area (Å²) in [6.45, 7) is 1.79. The molecule has 1 aromatic heterocycles. The van der Waals surface area contributed by atoms with E-state index < -0.39 is 11.9 Å². The number of anilines is 1. The summed E-state index contributed by atoms with van der Waals surface area (Å²) in [6, 6.07) is 11.2. The average molecular weight is 396 g/mol. The first-order valence-corrected chi connectivity index (χ1v) is 9.30. The van der Waals surface area contributed by atoms with Gasteiger partial charge in [-0.25, -0.2) is 9.78 Å². The van der Waals surface area contributed by atoms with E-state index in [1.54, 1.807) is 24.3 Å². The molecule has 0 saturated carbocycles. The lowest BCUT2D eigenvalue weighted by Crippen LogP contribution is -2.19. The highest BCUT2D eigenvalue weighted by atomic mass is 32.1. The van der Waals surface area contributed by atoms with Crippen LogP contribution in [0.25, 0.3) is 16.3 Å². The van der Waals surface area contributed by atoms with Crippen LogP contribution in [0, 0.1) is 6.92 Å². The Morgan fingerprint density at radius 2 is 2.07 bits per heavy atom. The first-order valence-electron chi connectivity index (χ1n) is 8.48. The molecule has 28 heavy (non-hydrogen) atoms. The van der Waals surface area contributed by atoms with Crippen molar-refractivity contribution in [2.24, 2.45) is 0 Å². The molecule has 0 saturated heterocycles. The number of thiazole rings is 1. The molecule has 1 aliphatic rings. The second-order valence-corrected chi connectivity index (χ2v) is 7.12. The molecule has 3 aromatic rings. The smallest absolute Gasteiger partial charge is 0.331 e. The maximum atomic E-state index is 12.0. The topological polar surface area (TPSA) is 86.8 Å². The molecule has 0 unspecified atom stereocenters. The number of benzene rings is 2. The third-order valence-electron chi connectivity index (χ3n) is 3.94. The van der Waals surface area contributed by atoms with Gasteiger partial charge >= 0.3 is 5.97 Å². The number of hydrogen-bond donors (Lipinski definition) is 1. The van der Waals surface area contributed by atoms with Crippen LogP contribution in [0.15, 0.2) is 42.5 Å². The zero-order valence-corrected chi connectivity index (χ0v) is 15.7. The van der Waals surface area contributed by atoms with Gasteiger partial charge in [0, 0.05) is 6.08 Å². The molecule has 4 rings (SSSR count). The van der Waals surface area contributed by atoms with Crippen LogP contribution < -0.4 is 14.8 Å². The predicted molar refractivity (Wildman–Crippen MR) is 106 cm³/mol. The van der Waals surface area contributed by atoms with E-state index in [0.717, 1.165) is 21.3 Å². The van der Waals surface area contributed by atoms with Crippen molar-refractivity contribution in [3.63, 3.8) is 0 Å². The van der Waals surface area contributed by atoms with Gasteiger partial charge < -0.3 is 14.2 Å². The standard InChI is InChI=1S/C20H16N2O5S/c1-12-2-5-14-17(8-12)28-20(21-14)22-18(23)10-25-19(24)7-4-13-3-6-15-16(9-13)27-11-26-15/h2-9H,10-11H2,1H3,(H,21,22,23)/b7-4+. The summed E-state index contributed by atoms with van der Waals surface area (Å²) in [7, 11) is 0. The van der Waals surface area contributed by atoms with Gasteiger partial charge in [0.2, 0.25) is 6.79 Å². The molecule has 0 fully saturated rings. The van der Waals surface area contributed by atoms with Crippen LogP contribution in [-0.2, 0) is 14.3 Å².